The van der Waals surface area contributed by atoms with Crippen molar-refractivity contribution in [2.24, 2.45) is 0 Å². The number of rotatable bonds is 4. The molecule has 2 rings (SSSR count). The Bertz CT molecular complexity index is 482. The number of aliphatic hydroxyl groups is 1. The largest absolute Gasteiger partial charge is 0.390 e. The minimum atomic E-state index is -3.15. The van der Waals surface area contributed by atoms with E-state index in [4.69, 9.17) is 0 Å². The molecule has 0 aromatic heterocycles. The molecule has 22 heavy (non-hydrogen) atoms. The molecule has 3 nitrogen and oxygen atoms in total. The Morgan fingerprint density at radius 3 is 2.14 bits per heavy atom. The zero-order chi connectivity index (χ0) is 15.6. The lowest BCUT2D eigenvalue weighted by Gasteiger charge is -2.40. The second kappa shape index (κ2) is 7.68. The molecule has 1 aliphatic rings. The molecular weight excluding hydrogens is 310 g/mol. The zero-order valence-electron chi connectivity index (χ0n) is 13.3. The van der Waals surface area contributed by atoms with Gasteiger partial charge in [-0.05, 0) is 37.5 Å². The highest BCUT2D eigenvalue weighted by Gasteiger charge is 2.45. The van der Waals surface area contributed by atoms with Crippen LogP contribution in [0.1, 0.15) is 28.3 Å². The molecule has 1 aromatic rings. The number of piperazine rings is 1. The van der Waals surface area contributed by atoms with Crippen molar-refractivity contribution in [3.63, 3.8) is 0 Å². The molecule has 0 unspecified atom stereocenters. The summed E-state index contributed by atoms with van der Waals surface area (Å²) in [6.07, 6.45) is 0. The summed E-state index contributed by atoms with van der Waals surface area (Å²) in [6.45, 7) is 7.10. The highest BCUT2D eigenvalue weighted by atomic mass is 35.5. The van der Waals surface area contributed by atoms with Gasteiger partial charge in [-0.3, -0.25) is 4.90 Å². The van der Waals surface area contributed by atoms with Gasteiger partial charge in [0.15, 0.2) is 0 Å². The van der Waals surface area contributed by atoms with Crippen molar-refractivity contribution in [1.29, 1.82) is 0 Å². The second-order valence-electron chi connectivity index (χ2n) is 5.92. The van der Waals surface area contributed by atoms with Crippen LogP contribution < -0.4 is 5.32 Å². The maximum atomic E-state index is 14.4. The molecule has 126 valence electrons. The van der Waals surface area contributed by atoms with Crippen LogP contribution in [0.25, 0.3) is 0 Å². The van der Waals surface area contributed by atoms with Gasteiger partial charge in [-0.15, -0.1) is 12.4 Å². The minimum Gasteiger partial charge on any atom is -0.390 e. The van der Waals surface area contributed by atoms with Gasteiger partial charge in [0.1, 0.15) is 12.6 Å². The first-order valence-electron chi connectivity index (χ1n) is 7.38. The van der Waals surface area contributed by atoms with Crippen molar-refractivity contribution in [3.8, 4) is 0 Å². The number of alkyl halides is 2. The van der Waals surface area contributed by atoms with Crippen LogP contribution in [0.4, 0.5) is 8.78 Å². The van der Waals surface area contributed by atoms with Crippen LogP contribution in [0.2, 0.25) is 0 Å². The third kappa shape index (κ3) is 3.96. The van der Waals surface area contributed by atoms with Gasteiger partial charge in [0.25, 0.3) is 5.92 Å². The van der Waals surface area contributed by atoms with E-state index < -0.39 is 18.6 Å². The third-order valence-corrected chi connectivity index (χ3v) is 4.14. The van der Waals surface area contributed by atoms with Gasteiger partial charge in [-0.1, -0.05) is 17.7 Å². The Kier molecular flexibility index (Phi) is 6.74. The van der Waals surface area contributed by atoms with E-state index in [9.17, 15) is 13.9 Å². The zero-order valence-corrected chi connectivity index (χ0v) is 14.1. The summed E-state index contributed by atoms with van der Waals surface area (Å²) in [5.74, 6) is -3.15. The molecule has 6 heteroatoms. The highest BCUT2D eigenvalue weighted by molar-refractivity contribution is 5.85. The Hall–Kier alpha value is -0.750. The van der Waals surface area contributed by atoms with Crippen LogP contribution >= 0.6 is 12.4 Å². The molecule has 0 aliphatic carbocycles. The lowest BCUT2D eigenvalue weighted by molar-refractivity contribution is -0.119. The molecule has 1 heterocycles. The standard InChI is InChI=1S/C16H24F2N2O.ClH/c1-11-8-12(2)14(13(3)9-11)15(16(17,18)10-21)20-6-4-19-5-7-20;/h8-9,15,19,21H,4-7,10H2,1-3H3;1H/t15-;/m0./s1. The number of nitrogens with one attached hydrogen (secondary N) is 1. The second-order valence-corrected chi connectivity index (χ2v) is 5.92. The van der Waals surface area contributed by atoms with Gasteiger partial charge in [0, 0.05) is 26.2 Å². The fourth-order valence-electron chi connectivity index (χ4n) is 3.31. The van der Waals surface area contributed by atoms with E-state index in [1.807, 2.05) is 32.9 Å². The van der Waals surface area contributed by atoms with E-state index in [0.29, 0.717) is 31.7 Å². The van der Waals surface area contributed by atoms with Gasteiger partial charge in [0.05, 0.1) is 0 Å². The molecule has 0 radical (unpaired) electrons. The first kappa shape index (κ1) is 19.3. The summed E-state index contributed by atoms with van der Waals surface area (Å²) >= 11 is 0. The minimum absolute atomic E-state index is 0. The Labute approximate surface area is 137 Å². The smallest absolute Gasteiger partial charge is 0.289 e. The third-order valence-electron chi connectivity index (χ3n) is 4.14. The Balaban J connectivity index is 0.00000242. The number of hydrogen-bond donors (Lipinski definition) is 2. The van der Waals surface area contributed by atoms with Crippen LogP contribution in [0.15, 0.2) is 12.1 Å². The number of halogens is 3. The fourth-order valence-corrected chi connectivity index (χ4v) is 3.31. The summed E-state index contributed by atoms with van der Waals surface area (Å²) in [5, 5.41) is 12.4. The van der Waals surface area contributed by atoms with E-state index in [1.54, 1.807) is 4.90 Å². The summed E-state index contributed by atoms with van der Waals surface area (Å²) in [5.41, 5.74) is 3.45. The predicted octanol–water partition coefficient (Wildman–Crippen LogP) is 2.61. The molecule has 1 saturated heterocycles. The van der Waals surface area contributed by atoms with Crippen molar-refractivity contribution in [2.75, 3.05) is 32.8 Å². The summed E-state index contributed by atoms with van der Waals surface area (Å²) < 4.78 is 28.9. The monoisotopic (exact) mass is 334 g/mol. The highest BCUT2D eigenvalue weighted by Crippen LogP contribution is 2.39. The summed E-state index contributed by atoms with van der Waals surface area (Å²) in [4.78, 5) is 1.79. The first-order chi connectivity index (χ1) is 9.86. The topological polar surface area (TPSA) is 35.5 Å². The normalized spacial score (nSPS) is 17.9. The van der Waals surface area contributed by atoms with Gasteiger partial charge in [-0.25, -0.2) is 8.78 Å². The van der Waals surface area contributed by atoms with Crippen molar-refractivity contribution in [2.45, 2.75) is 32.7 Å². The SMILES string of the molecule is Cc1cc(C)c([C@H](N2CCNCC2)C(F)(F)CO)c(C)c1.Cl. The Morgan fingerprint density at radius 1 is 1.18 bits per heavy atom. The van der Waals surface area contributed by atoms with Crippen molar-refractivity contribution >= 4 is 12.4 Å². The van der Waals surface area contributed by atoms with E-state index >= 15 is 0 Å². The average molecular weight is 335 g/mol. The molecule has 1 fully saturated rings. The predicted molar refractivity (Wildman–Crippen MR) is 87.1 cm³/mol. The van der Waals surface area contributed by atoms with E-state index in [-0.39, 0.29) is 12.4 Å². The molecule has 1 atom stereocenters. The molecule has 0 saturated carbocycles. The van der Waals surface area contributed by atoms with Crippen LogP contribution in [0.3, 0.4) is 0 Å². The van der Waals surface area contributed by atoms with Gasteiger partial charge in [0.2, 0.25) is 0 Å². The lowest BCUT2D eigenvalue weighted by Crippen LogP contribution is -2.51. The molecule has 0 spiro atoms. The van der Waals surface area contributed by atoms with E-state index in [1.165, 1.54) is 0 Å². The van der Waals surface area contributed by atoms with Crippen LogP contribution in [-0.2, 0) is 0 Å². The molecular formula is C16H25ClF2N2O. The fraction of sp³-hybridized carbons (Fsp3) is 0.625. The molecule has 0 bridgehead atoms. The number of benzene rings is 1. The van der Waals surface area contributed by atoms with Crippen LogP contribution in [0, 0.1) is 20.8 Å². The number of aliphatic hydroxyl groups excluding tert-OH is 1. The van der Waals surface area contributed by atoms with Crippen molar-refractivity contribution in [1.82, 2.24) is 10.2 Å². The van der Waals surface area contributed by atoms with E-state index in [2.05, 4.69) is 5.32 Å². The maximum absolute atomic E-state index is 14.4. The number of nitrogens with zero attached hydrogens (tertiary/aromatic N) is 1. The van der Waals surface area contributed by atoms with Crippen molar-refractivity contribution < 1.29 is 13.9 Å². The summed E-state index contributed by atoms with van der Waals surface area (Å²) in [7, 11) is 0. The number of hydrogen-bond acceptors (Lipinski definition) is 3. The maximum Gasteiger partial charge on any atom is 0.289 e. The summed E-state index contributed by atoms with van der Waals surface area (Å²) in [6, 6.07) is 2.81. The molecule has 2 N–H and O–H groups in total. The van der Waals surface area contributed by atoms with Crippen LogP contribution in [-0.4, -0.2) is 48.7 Å². The van der Waals surface area contributed by atoms with E-state index in [0.717, 1.165) is 16.7 Å². The van der Waals surface area contributed by atoms with Crippen molar-refractivity contribution in [3.05, 3.63) is 34.4 Å². The molecule has 0 amide bonds. The van der Waals surface area contributed by atoms with Gasteiger partial charge in [-0.2, -0.15) is 0 Å². The lowest BCUT2D eigenvalue weighted by atomic mass is 9.89. The quantitative estimate of drug-likeness (QED) is 0.888. The first-order valence-corrected chi connectivity index (χ1v) is 7.38. The van der Waals surface area contributed by atoms with Crippen LogP contribution in [0.5, 0.6) is 0 Å². The molecule has 1 aromatic carbocycles. The number of aryl methyl sites for hydroxylation is 3. The molecule has 1 aliphatic heterocycles. The Morgan fingerprint density at radius 2 is 1.68 bits per heavy atom. The average Bonchev–Trinajstić information content (AvgIpc) is 2.43. The van der Waals surface area contributed by atoms with Gasteiger partial charge >= 0.3 is 0 Å². The van der Waals surface area contributed by atoms with Gasteiger partial charge < -0.3 is 10.4 Å².